The number of halogens is 3. The van der Waals surface area contributed by atoms with Crippen molar-refractivity contribution in [2.75, 3.05) is 18.5 Å². The van der Waals surface area contributed by atoms with Crippen LogP contribution in [-0.2, 0) is 0 Å². The molecule has 0 radical (unpaired) electrons. The van der Waals surface area contributed by atoms with Crippen LogP contribution >= 0.6 is 0 Å². The van der Waals surface area contributed by atoms with E-state index in [2.05, 4.69) is 4.74 Å². The first-order valence-electron chi connectivity index (χ1n) is 5.50. The third-order valence-electron chi connectivity index (χ3n) is 2.35. The number of hydrogen-bond acceptors (Lipinski definition) is 2. The molecule has 0 amide bonds. The third-order valence-corrected chi connectivity index (χ3v) is 2.35. The number of anilines is 1. The number of rotatable bonds is 5. The number of unbranched alkanes of at least 4 members (excludes halogenated alkanes) is 1. The maximum Gasteiger partial charge on any atom is 0.573 e. The summed E-state index contributed by atoms with van der Waals surface area (Å²) in [5.41, 5.74) is 0.457. The van der Waals surface area contributed by atoms with Gasteiger partial charge in [0.25, 0.3) is 0 Å². The molecule has 0 saturated heterocycles. The average molecular weight is 247 g/mol. The first-order valence-corrected chi connectivity index (χ1v) is 5.50. The van der Waals surface area contributed by atoms with Gasteiger partial charge in [-0.3, -0.25) is 0 Å². The molecule has 96 valence electrons. The molecule has 17 heavy (non-hydrogen) atoms. The van der Waals surface area contributed by atoms with Crippen LogP contribution < -0.4 is 9.64 Å². The topological polar surface area (TPSA) is 12.5 Å². The van der Waals surface area contributed by atoms with E-state index in [1.165, 1.54) is 12.1 Å². The zero-order valence-corrected chi connectivity index (χ0v) is 9.92. The first kappa shape index (κ1) is 13.7. The second kappa shape index (κ2) is 5.80. The second-order valence-electron chi connectivity index (χ2n) is 3.79. The third kappa shape index (κ3) is 4.54. The van der Waals surface area contributed by atoms with Crippen LogP contribution in [0.1, 0.15) is 19.8 Å². The molecule has 0 fully saturated rings. The number of alkyl halides is 3. The van der Waals surface area contributed by atoms with Crippen LogP contribution in [0.3, 0.4) is 0 Å². The monoisotopic (exact) mass is 247 g/mol. The summed E-state index contributed by atoms with van der Waals surface area (Å²) in [5, 5.41) is 0. The Morgan fingerprint density at radius 2 is 1.88 bits per heavy atom. The maximum absolute atomic E-state index is 12.2. The summed E-state index contributed by atoms with van der Waals surface area (Å²) in [4.78, 5) is 1.77. The van der Waals surface area contributed by atoms with Gasteiger partial charge in [-0.1, -0.05) is 25.5 Å². The minimum atomic E-state index is -4.65. The molecule has 0 spiro atoms. The van der Waals surface area contributed by atoms with Crippen LogP contribution in [0.15, 0.2) is 24.3 Å². The molecule has 1 aromatic rings. The summed E-state index contributed by atoms with van der Waals surface area (Å²) in [5.74, 6) is -0.154. The zero-order chi connectivity index (χ0) is 12.9. The van der Waals surface area contributed by atoms with Gasteiger partial charge in [-0.2, -0.15) is 0 Å². The van der Waals surface area contributed by atoms with E-state index in [1.807, 2.05) is 6.92 Å². The molecule has 0 N–H and O–H groups in total. The SMILES string of the molecule is CCCCN(C)c1ccccc1OC(F)(F)F. The number of hydrogen-bond donors (Lipinski definition) is 0. The predicted molar refractivity (Wildman–Crippen MR) is 61.3 cm³/mol. The van der Waals surface area contributed by atoms with Gasteiger partial charge in [-0.25, -0.2) is 0 Å². The normalized spacial score (nSPS) is 11.4. The molecule has 0 atom stereocenters. The quantitative estimate of drug-likeness (QED) is 0.784. The van der Waals surface area contributed by atoms with E-state index in [0.29, 0.717) is 12.2 Å². The number of para-hydroxylation sites is 2. The molecule has 0 unspecified atom stereocenters. The van der Waals surface area contributed by atoms with E-state index >= 15 is 0 Å². The van der Waals surface area contributed by atoms with Crippen LogP contribution in [0, 0.1) is 0 Å². The Balaban J connectivity index is 2.83. The maximum atomic E-state index is 12.2. The molecule has 0 aliphatic heterocycles. The lowest BCUT2D eigenvalue weighted by molar-refractivity contribution is -0.274. The lowest BCUT2D eigenvalue weighted by Gasteiger charge is -2.22. The van der Waals surface area contributed by atoms with E-state index in [1.54, 1.807) is 24.1 Å². The van der Waals surface area contributed by atoms with Crippen molar-refractivity contribution in [3.05, 3.63) is 24.3 Å². The van der Waals surface area contributed by atoms with Crippen molar-refractivity contribution in [3.8, 4) is 5.75 Å². The van der Waals surface area contributed by atoms with Gasteiger partial charge in [0.1, 0.15) is 0 Å². The highest BCUT2D eigenvalue weighted by Crippen LogP contribution is 2.32. The van der Waals surface area contributed by atoms with Gasteiger partial charge in [0, 0.05) is 13.6 Å². The fourth-order valence-corrected chi connectivity index (χ4v) is 1.50. The summed E-state index contributed by atoms with van der Waals surface area (Å²) < 4.78 is 40.6. The Bertz CT molecular complexity index is 352. The minimum absolute atomic E-state index is 0.154. The zero-order valence-electron chi connectivity index (χ0n) is 9.92. The van der Waals surface area contributed by atoms with Crippen molar-refractivity contribution in [1.82, 2.24) is 0 Å². The average Bonchev–Trinajstić information content (AvgIpc) is 2.24. The largest absolute Gasteiger partial charge is 0.573 e. The van der Waals surface area contributed by atoms with E-state index in [4.69, 9.17) is 0 Å². The van der Waals surface area contributed by atoms with Gasteiger partial charge in [0.2, 0.25) is 0 Å². The van der Waals surface area contributed by atoms with Crippen molar-refractivity contribution in [2.45, 2.75) is 26.1 Å². The lowest BCUT2D eigenvalue weighted by atomic mass is 10.2. The van der Waals surface area contributed by atoms with Crippen LogP contribution in [0.4, 0.5) is 18.9 Å². The van der Waals surface area contributed by atoms with Crippen LogP contribution in [0.25, 0.3) is 0 Å². The summed E-state index contributed by atoms with van der Waals surface area (Å²) >= 11 is 0. The molecule has 1 aromatic carbocycles. The Hall–Kier alpha value is -1.39. The number of nitrogens with zero attached hydrogens (tertiary/aromatic N) is 1. The Kier molecular flexibility index (Phi) is 4.66. The number of benzene rings is 1. The fraction of sp³-hybridized carbons (Fsp3) is 0.500. The molecule has 2 nitrogen and oxygen atoms in total. The molecular formula is C12H16F3NO. The molecule has 5 heteroatoms. The number of ether oxygens (including phenoxy) is 1. The van der Waals surface area contributed by atoms with Crippen molar-refractivity contribution in [2.24, 2.45) is 0 Å². The van der Waals surface area contributed by atoms with Crippen molar-refractivity contribution in [1.29, 1.82) is 0 Å². The second-order valence-corrected chi connectivity index (χ2v) is 3.79. The van der Waals surface area contributed by atoms with Gasteiger partial charge in [0.05, 0.1) is 5.69 Å². The molecule has 0 aliphatic carbocycles. The van der Waals surface area contributed by atoms with Gasteiger partial charge in [0.15, 0.2) is 5.75 Å². The smallest absolute Gasteiger partial charge is 0.404 e. The minimum Gasteiger partial charge on any atom is -0.404 e. The van der Waals surface area contributed by atoms with Crippen LogP contribution in [-0.4, -0.2) is 20.0 Å². The Morgan fingerprint density at radius 3 is 2.47 bits per heavy atom. The van der Waals surface area contributed by atoms with Gasteiger partial charge < -0.3 is 9.64 Å². The van der Waals surface area contributed by atoms with Crippen LogP contribution in [0.5, 0.6) is 5.75 Å². The van der Waals surface area contributed by atoms with E-state index < -0.39 is 6.36 Å². The molecule has 1 rings (SSSR count). The summed E-state index contributed by atoms with van der Waals surface area (Å²) in [6.45, 7) is 2.74. The fourth-order valence-electron chi connectivity index (χ4n) is 1.50. The highest BCUT2D eigenvalue weighted by Gasteiger charge is 2.32. The Morgan fingerprint density at radius 1 is 1.24 bits per heavy atom. The van der Waals surface area contributed by atoms with E-state index in [0.717, 1.165) is 12.8 Å². The van der Waals surface area contributed by atoms with Crippen LogP contribution in [0.2, 0.25) is 0 Å². The molecule has 0 aliphatic rings. The summed E-state index contributed by atoms with van der Waals surface area (Å²) in [6.07, 6.45) is -2.73. The molecular weight excluding hydrogens is 231 g/mol. The summed E-state index contributed by atoms with van der Waals surface area (Å²) in [7, 11) is 1.76. The molecule has 0 aromatic heterocycles. The van der Waals surface area contributed by atoms with Crippen molar-refractivity contribution < 1.29 is 17.9 Å². The van der Waals surface area contributed by atoms with Gasteiger partial charge in [-0.15, -0.1) is 13.2 Å². The first-order chi connectivity index (χ1) is 7.94. The summed E-state index contributed by atoms with van der Waals surface area (Å²) in [6, 6.07) is 6.17. The molecule has 0 heterocycles. The molecule has 0 bridgehead atoms. The van der Waals surface area contributed by atoms with E-state index in [-0.39, 0.29) is 5.75 Å². The highest BCUT2D eigenvalue weighted by molar-refractivity contribution is 5.57. The lowest BCUT2D eigenvalue weighted by Crippen LogP contribution is -2.22. The van der Waals surface area contributed by atoms with Gasteiger partial charge in [-0.05, 0) is 18.6 Å². The van der Waals surface area contributed by atoms with Crippen molar-refractivity contribution in [3.63, 3.8) is 0 Å². The standard InChI is InChI=1S/C12H16F3NO/c1-3-4-9-16(2)10-7-5-6-8-11(10)17-12(13,14)15/h5-8H,3-4,9H2,1-2H3. The molecule has 0 saturated carbocycles. The predicted octanol–water partition coefficient (Wildman–Crippen LogP) is 3.82. The van der Waals surface area contributed by atoms with Gasteiger partial charge >= 0.3 is 6.36 Å². The van der Waals surface area contributed by atoms with Crippen molar-refractivity contribution >= 4 is 5.69 Å². The highest BCUT2D eigenvalue weighted by atomic mass is 19.4. The Labute approximate surface area is 99.0 Å². The van der Waals surface area contributed by atoms with E-state index in [9.17, 15) is 13.2 Å².